The number of carbonyl (C=O) groups excluding carboxylic acids is 3. The highest BCUT2D eigenvalue weighted by Gasteiger charge is 2.59. The van der Waals surface area contributed by atoms with E-state index in [0.717, 1.165) is 6.42 Å². The lowest BCUT2D eigenvalue weighted by molar-refractivity contribution is -0.272. The number of hydrogen-bond donors (Lipinski definition) is 4. The lowest BCUT2D eigenvalue weighted by Crippen LogP contribution is -2.64. The molecule has 0 aromatic heterocycles. The predicted molar refractivity (Wildman–Crippen MR) is 128 cm³/mol. The average molecular weight is 543 g/mol. The van der Waals surface area contributed by atoms with Gasteiger partial charge >= 0.3 is 0 Å². The first-order valence-electron chi connectivity index (χ1n) is 13.1. The van der Waals surface area contributed by atoms with Crippen LogP contribution in [0.1, 0.15) is 13.3 Å². The van der Waals surface area contributed by atoms with Gasteiger partial charge in [0.25, 0.3) is 0 Å². The molecule has 0 aromatic carbocycles. The second kappa shape index (κ2) is 13.4. The third-order valence-electron chi connectivity index (χ3n) is 7.53. The topological polar surface area (TPSA) is 173 Å². The molecule has 0 aromatic rings. The molecule has 2 aliphatic heterocycles. The number of aliphatic hydroxyl groups is 3. The number of rotatable bonds is 15. The van der Waals surface area contributed by atoms with Crippen molar-refractivity contribution in [3.63, 3.8) is 0 Å². The van der Waals surface area contributed by atoms with E-state index < -0.39 is 43.2 Å². The minimum absolute atomic E-state index is 0.0690. The summed E-state index contributed by atoms with van der Waals surface area (Å²) >= 11 is 0. The summed E-state index contributed by atoms with van der Waals surface area (Å²) in [6.07, 6.45) is 0.221. The van der Waals surface area contributed by atoms with Crippen LogP contribution in [0, 0.1) is 23.7 Å². The zero-order chi connectivity index (χ0) is 27.2. The van der Waals surface area contributed by atoms with Gasteiger partial charge in [0.2, 0.25) is 17.7 Å². The number of nitrogens with zero attached hydrogens (tertiary/aromatic N) is 1. The maximum atomic E-state index is 12.6. The summed E-state index contributed by atoms with van der Waals surface area (Å²) in [5.74, 6) is -0.523. The molecule has 0 unspecified atom stereocenters. The van der Waals surface area contributed by atoms with Crippen molar-refractivity contribution in [1.29, 1.82) is 0 Å². The molecular formula is C25H38N2O11. The molecule has 0 radical (unpaired) electrons. The molecule has 0 spiro atoms. The Labute approximate surface area is 221 Å². The standard InChI is InChI=1S/C25H38N2O11/c1-14(29)26-20-22(31)21(30)17(13-28)38-25(20)37-11-10-36-9-8-35-7-6-34-5-4-27-23(32)18-15-2-3-16(12-15)19(18)24(27)33/h2-3,15-22,25,28,30-31H,4-13H2,1H3,(H,26,29)/t15-,16+,17-,18+,19-,20-,21-,22-,25-/m1/s1. The Balaban J connectivity index is 1.01. The van der Waals surface area contributed by atoms with Crippen LogP contribution in [0.25, 0.3) is 0 Å². The minimum Gasteiger partial charge on any atom is -0.394 e. The van der Waals surface area contributed by atoms with Gasteiger partial charge in [-0.1, -0.05) is 12.2 Å². The fourth-order valence-corrected chi connectivity index (χ4v) is 5.72. The number of carbonyl (C=O) groups is 3. The SMILES string of the molecule is CC(=O)N[C@H]1[C@H](OCCOCCOCCOCCN2C(=O)[C@@H]3[C@H](C2=O)[C@H]2C=C[C@@H]3C2)O[C@H](CO)[C@@H](O)[C@@H]1O. The smallest absolute Gasteiger partial charge is 0.233 e. The first kappa shape index (κ1) is 29.0. The highest BCUT2D eigenvalue weighted by Crippen LogP contribution is 2.52. The van der Waals surface area contributed by atoms with Crippen molar-refractivity contribution in [1.82, 2.24) is 10.2 Å². The van der Waals surface area contributed by atoms with Crippen LogP contribution in [0.15, 0.2) is 12.2 Å². The summed E-state index contributed by atoms with van der Waals surface area (Å²) in [5.41, 5.74) is 0. The van der Waals surface area contributed by atoms with E-state index in [1.807, 2.05) is 0 Å². The molecule has 4 aliphatic rings. The summed E-state index contributed by atoms with van der Waals surface area (Å²) < 4.78 is 27.4. The Morgan fingerprint density at radius 3 is 2.05 bits per heavy atom. The molecule has 3 amide bonds. The van der Waals surface area contributed by atoms with E-state index in [4.69, 9.17) is 23.7 Å². The summed E-state index contributed by atoms with van der Waals surface area (Å²) in [7, 11) is 0. The highest BCUT2D eigenvalue weighted by atomic mass is 16.7. The van der Waals surface area contributed by atoms with Gasteiger partial charge in [0.15, 0.2) is 6.29 Å². The van der Waals surface area contributed by atoms with Crippen molar-refractivity contribution in [3.8, 4) is 0 Å². The predicted octanol–water partition coefficient (Wildman–Crippen LogP) is -2.20. The number of aliphatic hydroxyl groups excluding tert-OH is 3. The van der Waals surface area contributed by atoms with Crippen molar-refractivity contribution in [2.24, 2.45) is 23.7 Å². The zero-order valence-electron chi connectivity index (χ0n) is 21.5. The number of fused-ring (bicyclic) bond motifs is 5. The third kappa shape index (κ3) is 6.42. The van der Waals surface area contributed by atoms with Crippen LogP contribution in [-0.4, -0.2) is 128 Å². The summed E-state index contributed by atoms with van der Waals surface area (Å²) in [5, 5.41) is 32.1. The minimum atomic E-state index is -1.37. The lowest BCUT2D eigenvalue weighted by Gasteiger charge is -2.42. The van der Waals surface area contributed by atoms with Gasteiger partial charge < -0.3 is 44.3 Å². The first-order chi connectivity index (χ1) is 18.3. The normalized spacial score (nSPS) is 35.8. The molecule has 2 aliphatic carbocycles. The molecule has 13 heteroatoms. The number of imide groups is 1. The zero-order valence-corrected chi connectivity index (χ0v) is 21.5. The number of likely N-dealkylation sites (tertiary alicyclic amines) is 1. The Morgan fingerprint density at radius 1 is 0.947 bits per heavy atom. The Morgan fingerprint density at radius 2 is 1.50 bits per heavy atom. The maximum Gasteiger partial charge on any atom is 0.233 e. The highest BCUT2D eigenvalue weighted by molar-refractivity contribution is 6.06. The van der Waals surface area contributed by atoms with E-state index in [9.17, 15) is 29.7 Å². The van der Waals surface area contributed by atoms with Crippen molar-refractivity contribution in [2.75, 3.05) is 59.4 Å². The van der Waals surface area contributed by atoms with Gasteiger partial charge in [-0.15, -0.1) is 0 Å². The van der Waals surface area contributed by atoms with Gasteiger partial charge in [0.05, 0.1) is 71.2 Å². The molecule has 2 saturated heterocycles. The molecule has 38 heavy (non-hydrogen) atoms. The maximum absolute atomic E-state index is 12.6. The van der Waals surface area contributed by atoms with E-state index in [1.54, 1.807) is 0 Å². The molecule has 9 atom stereocenters. The van der Waals surface area contributed by atoms with Crippen LogP contribution in [0.5, 0.6) is 0 Å². The Bertz CT molecular complexity index is 840. The Kier molecular flexibility index (Phi) is 10.2. The van der Waals surface area contributed by atoms with Gasteiger partial charge in [-0.3, -0.25) is 19.3 Å². The number of hydrogen-bond acceptors (Lipinski definition) is 11. The molecule has 214 valence electrons. The lowest BCUT2D eigenvalue weighted by atomic mass is 9.85. The van der Waals surface area contributed by atoms with Crippen molar-refractivity contribution < 1.29 is 53.4 Å². The molecule has 4 rings (SSSR count). The molecule has 3 fully saturated rings. The van der Waals surface area contributed by atoms with Gasteiger partial charge in [0.1, 0.15) is 24.4 Å². The van der Waals surface area contributed by atoms with Crippen LogP contribution < -0.4 is 5.32 Å². The molecule has 2 bridgehead atoms. The van der Waals surface area contributed by atoms with Gasteiger partial charge in [-0.25, -0.2) is 0 Å². The van der Waals surface area contributed by atoms with Gasteiger partial charge in [-0.05, 0) is 18.3 Å². The fourth-order valence-electron chi connectivity index (χ4n) is 5.72. The third-order valence-corrected chi connectivity index (χ3v) is 7.53. The van der Waals surface area contributed by atoms with Gasteiger partial charge in [-0.2, -0.15) is 0 Å². The largest absolute Gasteiger partial charge is 0.394 e. The summed E-state index contributed by atoms with van der Waals surface area (Å²) in [6.45, 7) is 2.81. The monoisotopic (exact) mass is 542 g/mol. The molecule has 4 N–H and O–H groups in total. The van der Waals surface area contributed by atoms with Crippen molar-refractivity contribution in [3.05, 3.63) is 12.2 Å². The van der Waals surface area contributed by atoms with Crippen molar-refractivity contribution >= 4 is 17.7 Å². The quantitative estimate of drug-likeness (QED) is 0.101. The van der Waals surface area contributed by atoms with E-state index in [-0.39, 0.29) is 61.9 Å². The number of amides is 3. The number of ether oxygens (including phenoxy) is 5. The van der Waals surface area contributed by atoms with E-state index >= 15 is 0 Å². The van der Waals surface area contributed by atoms with E-state index in [2.05, 4.69) is 17.5 Å². The number of nitrogens with one attached hydrogen (secondary N) is 1. The van der Waals surface area contributed by atoms with E-state index in [0.29, 0.717) is 26.4 Å². The molecule has 13 nitrogen and oxygen atoms in total. The second-order valence-corrected chi connectivity index (χ2v) is 9.97. The van der Waals surface area contributed by atoms with Crippen LogP contribution in [0.3, 0.4) is 0 Å². The van der Waals surface area contributed by atoms with Crippen LogP contribution in [0.4, 0.5) is 0 Å². The summed E-state index contributed by atoms with van der Waals surface area (Å²) in [6, 6.07) is -0.998. The van der Waals surface area contributed by atoms with Gasteiger partial charge in [0, 0.05) is 6.92 Å². The first-order valence-corrected chi connectivity index (χ1v) is 13.1. The van der Waals surface area contributed by atoms with Crippen LogP contribution in [-0.2, 0) is 38.1 Å². The average Bonchev–Trinajstić information content (AvgIpc) is 3.58. The molecule has 2 heterocycles. The van der Waals surface area contributed by atoms with Crippen LogP contribution in [0.2, 0.25) is 0 Å². The van der Waals surface area contributed by atoms with Crippen molar-refractivity contribution in [2.45, 2.75) is 44.0 Å². The molecule has 1 saturated carbocycles. The van der Waals surface area contributed by atoms with E-state index in [1.165, 1.54) is 11.8 Å². The molecular weight excluding hydrogens is 504 g/mol. The number of allylic oxidation sites excluding steroid dienone is 2. The fraction of sp³-hybridized carbons (Fsp3) is 0.800. The van der Waals surface area contributed by atoms with Crippen LogP contribution >= 0.6 is 0 Å². The second-order valence-electron chi connectivity index (χ2n) is 9.97. The Hall–Kier alpha value is -1.97. The summed E-state index contributed by atoms with van der Waals surface area (Å²) in [4.78, 5) is 38.0.